The average molecular weight is 391 g/mol. The Morgan fingerprint density at radius 1 is 1.27 bits per heavy atom. The number of aliphatic imine (C=N–C) groups is 1. The maximum absolute atomic E-state index is 11.0. The van der Waals surface area contributed by atoms with Crippen molar-refractivity contribution in [1.82, 2.24) is 14.9 Å². The lowest BCUT2D eigenvalue weighted by Crippen LogP contribution is -2.39. The molecule has 0 amide bonds. The van der Waals surface area contributed by atoms with Crippen LogP contribution in [0.25, 0.3) is 0 Å². The minimum atomic E-state index is -3.11. The summed E-state index contributed by atoms with van der Waals surface area (Å²) in [5, 5.41) is 3.22. The van der Waals surface area contributed by atoms with E-state index in [1.165, 1.54) is 5.56 Å². The van der Waals surface area contributed by atoms with Gasteiger partial charge in [-0.3, -0.25) is 4.99 Å². The molecule has 0 fully saturated rings. The molecule has 1 aromatic rings. The fourth-order valence-corrected chi connectivity index (χ4v) is 2.65. The second-order valence-corrected chi connectivity index (χ2v) is 7.73. The molecular weight excluding hydrogens is 368 g/mol. The van der Waals surface area contributed by atoms with Crippen molar-refractivity contribution in [2.75, 3.05) is 33.4 Å². The van der Waals surface area contributed by atoms with Gasteiger partial charge in [-0.2, -0.15) is 0 Å². The van der Waals surface area contributed by atoms with Crippen LogP contribution in [-0.4, -0.2) is 52.7 Å². The van der Waals surface area contributed by atoms with Gasteiger partial charge < -0.3 is 10.2 Å². The number of hydrogen-bond donors (Lipinski definition) is 2. The third-order valence-electron chi connectivity index (χ3n) is 2.91. The normalized spacial score (nSPS) is 12.3. The molecule has 0 aromatic heterocycles. The molecule has 1 aromatic carbocycles. The van der Waals surface area contributed by atoms with Crippen LogP contribution in [0, 0.1) is 0 Å². The molecular formula is C14H23BrN4O2S. The molecule has 0 saturated heterocycles. The Bertz CT molecular complexity index is 587. The Morgan fingerprint density at radius 3 is 2.45 bits per heavy atom. The summed E-state index contributed by atoms with van der Waals surface area (Å²) >= 11 is 3.42. The predicted molar refractivity (Wildman–Crippen MR) is 94.4 cm³/mol. The highest BCUT2D eigenvalue weighted by molar-refractivity contribution is 9.10. The third-order valence-corrected chi connectivity index (χ3v) is 4.16. The first kappa shape index (κ1) is 18.9. The Hall–Kier alpha value is -1.12. The quantitative estimate of drug-likeness (QED) is 0.419. The molecule has 8 heteroatoms. The van der Waals surface area contributed by atoms with Crippen LogP contribution in [0.3, 0.4) is 0 Å². The van der Waals surface area contributed by atoms with Crippen LogP contribution in [0.15, 0.2) is 33.7 Å². The molecule has 0 atom stereocenters. The minimum Gasteiger partial charge on any atom is -0.356 e. The number of nitrogens with zero attached hydrogens (tertiary/aromatic N) is 2. The van der Waals surface area contributed by atoms with Crippen molar-refractivity contribution in [2.45, 2.75) is 13.0 Å². The number of benzene rings is 1. The number of halogens is 1. The smallest absolute Gasteiger partial charge is 0.208 e. The van der Waals surface area contributed by atoms with Crippen LogP contribution in [-0.2, 0) is 16.6 Å². The summed E-state index contributed by atoms with van der Waals surface area (Å²) in [6.07, 6.45) is 1.85. The molecule has 6 nitrogen and oxygen atoms in total. The van der Waals surface area contributed by atoms with Crippen LogP contribution in [0.4, 0.5) is 0 Å². The molecule has 0 aliphatic heterocycles. The number of nitrogens with one attached hydrogen (secondary N) is 2. The molecule has 0 spiro atoms. The predicted octanol–water partition coefficient (Wildman–Crippen LogP) is 1.40. The summed E-state index contributed by atoms with van der Waals surface area (Å²) in [6, 6.07) is 8.14. The molecule has 0 aliphatic carbocycles. The Balaban J connectivity index is 2.38. The molecule has 0 bridgehead atoms. The van der Waals surface area contributed by atoms with Gasteiger partial charge in [0.1, 0.15) is 0 Å². The minimum absolute atomic E-state index is 0.416. The monoisotopic (exact) mass is 390 g/mol. The molecule has 0 saturated carbocycles. The Labute approximate surface area is 141 Å². The molecule has 124 valence electrons. The molecule has 0 radical (unpaired) electrons. The highest BCUT2D eigenvalue weighted by Gasteiger charge is 2.06. The second kappa shape index (κ2) is 9.12. The van der Waals surface area contributed by atoms with Gasteiger partial charge in [0.25, 0.3) is 0 Å². The molecule has 1 rings (SSSR count). The van der Waals surface area contributed by atoms with Crippen molar-refractivity contribution in [2.24, 2.45) is 4.99 Å². The van der Waals surface area contributed by atoms with E-state index in [0.717, 1.165) is 23.2 Å². The van der Waals surface area contributed by atoms with Gasteiger partial charge in [0.15, 0.2) is 5.96 Å². The van der Waals surface area contributed by atoms with Crippen molar-refractivity contribution in [1.29, 1.82) is 0 Å². The lowest BCUT2D eigenvalue weighted by molar-refractivity contribution is 0.475. The maximum Gasteiger partial charge on any atom is 0.208 e. The highest BCUT2D eigenvalue weighted by atomic mass is 79.9. The number of sulfonamides is 1. The fraction of sp³-hybridized carbons (Fsp3) is 0.500. The first-order valence-electron chi connectivity index (χ1n) is 6.92. The average Bonchev–Trinajstić information content (AvgIpc) is 2.44. The first-order valence-corrected chi connectivity index (χ1v) is 9.61. The number of rotatable bonds is 7. The summed E-state index contributed by atoms with van der Waals surface area (Å²) in [4.78, 5) is 6.25. The van der Waals surface area contributed by atoms with Gasteiger partial charge in [-0.15, -0.1) is 0 Å². The van der Waals surface area contributed by atoms with E-state index in [1.807, 2.05) is 24.1 Å². The van der Waals surface area contributed by atoms with Crippen LogP contribution in [0.1, 0.15) is 12.0 Å². The van der Waals surface area contributed by atoms with Crippen LogP contribution < -0.4 is 10.0 Å². The summed E-state index contributed by atoms with van der Waals surface area (Å²) in [7, 11) is 0.582. The van der Waals surface area contributed by atoms with Gasteiger partial charge in [0.2, 0.25) is 10.0 Å². The van der Waals surface area contributed by atoms with Crippen molar-refractivity contribution in [3.8, 4) is 0 Å². The first-order chi connectivity index (χ1) is 10.3. The van der Waals surface area contributed by atoms with E-state index in [-0.39, 0.29) is 0 Å². The van der Waals surface area contributed by atoms with E-state index in [4.69, 9.17) is 0 Å². The zero-order valence-electron chi connectivity index (χ0n) is 13.1. The van der Waals surface area contributed by atoms with Crippen LogP contribution in [0.2, 0.25) is 0 Å². The molecule has 0 heterocycles. The van der Waals surface area contributed by atoms with E-state index in [9.17, 15) is 8.42 Å². The molecule has 22 heavy (non-hydrogen) atoms. The molecule has 0 unspecified atom stereocenters. The maximum atomic E-state index is 11.0. The van der Waals surface area contributed by atoms with Crippen molar-refractivity contribution >= 4 is 31.9 Å². The van der Waals surface area contributed by atoms with Gasteiger partial charge in [-0.05, 0) is 24.1 Å². The Morgan fingerprint density at radius 2 is 1.91 bits per heavy atom. The van der Waals surface area contributed by atoms with Gasteiger partial charge in [-0.1, -0.05) is 28.1 Å². The van der Waals surface area contributed by atoms with Crippen LogP contribution in [0.5, 0.6) is 0 Å². The highest BCUT2D eigenvalue weighted by Crippen LogP contribution is 2.11. The lowest BCUT2D eigenvalue weighted by atomic mass is 10.2. The van der Waals surface area contributed by atoms with E-state index in [0.29, 0.717) is 19.5 Å². The third kappa shape index (κ3) is 7.77. The summed E-state index contributed by atoms with van der Waals surface area (Å²) in [5.41, 5.74) is 1.19. The zero-order valence-corrected chi connectivity index (χ0v) is 15.5. The van der Waals surface area contributed by atoms with E-state index in [2.05, 4.69) is 43.1 Å². The van der Waals surface area contributed by atoms with Crippen molar-refractivity contribution < 1.29 is 8.42 Å². The molecule has 0 aliphatic rings. The van der Waals surface area contributed by atoms with Crippen LogP contribution >= 0.6 is 15.9 Å². The summed E-state index contributed by atoms with van der Waals surface area (Å²) in [5.74, 6) is 0.780. The van der Waals surface area contributed by atoms with E-state index < -0.39 is 10.0 Å². The SMILES string of the molecule is CN=C(NCCCNS(C)(=O)=O)N(C)Cc1ccc(Br)cc1. The topological polar surface area (TPSA) is 73.8 Å². The van der Waals surface area contributed by atoms with E-state index >= 15 is 0 Å². The van der Waals surface area contributed by atoms with Crippen molar-refractivity contribution in [3.05, 3.63) is 34.3 Å². The lowest BCUT2D eigenvalue weighted by Gasteiger charge is -2.22. The Kier molecular flexibility index (Phi) is 7.84. The van der Waals surface area contributed by atoms with E-state index in [1.54, 1.807) is 7.05 Å². The summed E-state index contributed by atoms with van der Waals surface area (Å²) in [6.45, 7) is 1.81. The van der Waals surface area contributed by atoms with Gasteiger partial charge >= 0.3 is 0 Å². The van der Waals surface area contributed by atoms with Gasteiger partial charge in [0, 0.05) is 38.2 Å². The standard InChI is InChI=1S/C14H23BrN4O2S/c1-16-14(17-9-4-10-18-22(3,20)21)19(2)11-12-5-7-13(15)8-6-12/h5-8,18H,4,9-11H2,1-3H3,(H,16,17). The zero-order chi connectivity index (χ0) is 16.6. The molecule has 2 N–H and O–H groups in total. The van der Waals surface area contributed by atoms with Crippen molar-refractivity contribution in [3.63, 3.8) is 0 Å². The largest absolute Gasteiger partial charge is 0.356 e. The van der Waals surface area contributed by atoms with Gasteiger partial charge in [-0.25, -0.2) is 13.1 Å². The van der Waals surface area contributed by atoms with Gasteiger partial charge in [0.05, 0.1) is 6.26 Å². The number of guanidine groups is 1. The second-order valence-electron chi connectivity index (χ2n) is 4.98. The summed E-state index contributed by atoms with van der Waals surface area (Å²) < 4.78 is 25.4. The fourth-order valence-electron chi connectivity index (χ4n) is 1.87. The number of hydrogen-bond acceptors (Lipinski definition) is 3.